The van der Waals surface area contributed by atoms with Crippen LogP contribution in [0.15, 0.2) is 77.4 Å². The van der Waals surface area contributed by atoms with E-state index in [1.807, 2.05) is 36.4 Å². The molecule has 0 bridgehead atoms. The molecule has 124 valence electrons. The number of amides is 1. The Morgan fingerprint density at radius 2 is 1.80 bits per heavy atom. The minimum atomic E-state index is -0.487. The van der Waals surface area contributed by atoms with Crippen molar-refractivity contribution < 1.29 is 14.3 Å². The third-order valence-corrected chi connectivity index (χ3v) is 3.42. The smallest absolute Gasteiger partial charge is 0.363 e. The van der Waals surface area contributed by atoms with Crippen LogP contribution >= 0.6 is 0 Å². The van der Waals surface area contributed by atoms with E-state index in [2.05, 4.69) is 10.3 Å². The van der Waals surface area contributed by atoms with E-state index in [4.69, 9.17) is 4.74 Å². The molecule has 2 aromatic rings. The summed E-state index contributed by atoms with van der Waals surface area (Å²) in [7, 11) is 0. The molecule has 1 heterocycles. The van der Waals surface area contributed by atoms with Gasteiger partial charge in [-0.25, -0.2) is 9.79 Å². The molecule has 0 unspecified atom stereocenters. The lowest BCUT2D eigenvalue weighted by Gasteiger charge is -2.03. The Morgan fingerprint density at radius 1 is 1.08 bits per heavy atom. The van der Waals surface area contributed by atoms with Crippen molar-refractivity contribution in [3.63, 3.8) is 0 Å². The maximum absolute atomic E-state index is 11.9. The first-order chi connectivity index (χ1) is 12.1. The van der Waals surface area contributed by atoms with Crippen molar-refractivity contribution in [2.75, 3.05) is 5.32 Å². The Balaban J connectivity index is 1.74. The molecule has 2 aromatic carbocycles. The number of cyclic esters (lactones) is 1. The molecular formula is C20H16N2O3. The summed E-state index contributed by atoms with van der Waals surface area (Å²) < 4.78 is 5.21. The monoisotopic (exact) mass is 332 g/mol. The van der Waals surface area contributed by atoms with Crippen LogP contribution in [-0.2, 0) is 14.3 Å². The summed E-state index contributed by atoms with van der Waals surface area (Å²) in [6.07, 6.45) is 5.27. The SMILES string of the molecule is CC(=O)Nc1ccc(C2=N/C(=C/C=C/c3ccccc3)C(=O)O2)cc1. The van der Waals surface area contributed by atoms with Gasteiger partial charge in [0.25, 0.3) is 0 Å². The van der Waals surface area contributed by atoms with Crippen LogP contribution in [0.2, 0.25) is 0 Å². The van der Waals surface area contributed by atoms with E-state index in [1.165, 1.54) is 6.92 Å². The van der Waals surface area contributed by atoms with Gasteiger partial charge in [0, 0.05) is 18.2 Å². The summed E-state index contributed by atoms with van der Waals surface area (Å²) in [6, 6.07) is 16.7. The zero-order valence-corrected chi connectivity index (χ0v) is 13.6. The maximum atomic E-state index is 11.9. The predicted molar refractivity (Wildman–Crippen MR) is 96.9 cm³/mol. The Labute approximate surface area is 145 Å². The van der Waals surface area contributed by atoms with Crippen LogP contribution < -0.4 is 5.32 Å². The van der Waals surface area contributed by atoms with Gasteiger partial charge in [0.1, 0.15) is 0 Å². The lowest BCUT2D eigenvalue weighted by atomic mass is 10.2. The molecule has 0 spiro atoms. The molecule has 25 heavy (non-hydrogen) atoms. The number of rotatable bonds is 4. The minimum Gasteiger partial charge on any atom is -0.402 e. The highest BCUT2D eigenvalue weighted by Gasteiger charge is 2.23. The Kier molecular flexibility index (Phi) is 4.85. The molecule has 1 aliphatic heterocycles. The average Bonchev–Trinajstić information content (AvgIpc) is 2.97. The lowest BCUT2D eigenvalue weighted by molar-refractivity contribution is -0.130. The molecule has 0 atom stereocenters. The summed E-state index contributed by atoms with van der Waals surface area (Å²) in [4.78, 5) is 27.2. The predicted octanol–water partition coefficient (Wildman–Crippen LogP) is 3.55. The molecule has 0 fully saturated rings. The quantitative estimate of drug-likeness (QED) is 0.688. The molecule has 0 saturated carbocycles. The van der Waals surface area contributed by atoms with Crippen LogP contribution in [0.3, 0.4) is 0 Å². The third-order valence-electron chi connectivity index (χ3n) is 3.42. The van der Waals surface area contributed by atoms with Gasteiger partial charge in [0.15, 0.2) is 5.70 Å². The molecule has 0 aromatic heterocycles. The van der Waals surface area contributed by atoms with Crippen LogP contribution in [0.4, 0.5) is 5.69 Å². The average molecular weight is 332 g/mol. The van der Waals surface area contributed by atoms with Gasteiger partial charge in [-0.05, 0) is 35.9 Å². The van der Waals surface area contributed by atoms with Crippen molar-refractivity contribution in [3.05, 3.63) is 83.6 Å². The second kappa shape index (κ2) is 7.40. The topological polar surface area (TPSA) is 67.8 Å². The summed E-state index contributed by atoms with van der Waals surface area (Å²) in [5.41, 5.74) is 2.61. The number of benzene rings is 2. The van der Waals surface area contributed by atoms with Crippen molar-refractivity contribution in [1.29, 1.82) is 0 Å². The Morgan fingerprint density at radius 3 is 2.48 bits per heavy atom. The van der Waals surface area contributed by atoms with Crippen LogP contribution in [0, 0.1) is 0 Å². The number of nitrogens with zero attached hydrogens (tertiary/aromatic N) is 1. The van der Waals surface area contributed by atoms with E-state index in [0.29, 0.717) is 11.3 Å². The first kappa shape index (κ1) is 16.4. The number of carbonyl (C=O) groups excluding carboxylic acids is 2. The van der Waals surface area contributed by atoms with E-state index < -0.39 is 5.97 Å². The Bertz CT molecular complexity index is 879. The summed E-state index contributed by atoms with van der Waals surface area (Å²) in [5, 5.41) is 2.68. The van der Waals surface area contributed by atoms with E-state index in [1.54, 1.807) is 36.4 Å². The third kappa shape index (κ3) is 4.29. The standard InChI is InChI=1S/C20H16N2O3/c1-14(23)21-17-12-10-16(11-13-17)19-22-18(20(24)25-19)9-5-8-15-6-3-2-4-7-15/h2-13H,1H3,(H,21,23)/b8-5+,18-9+. The molecular weight excluding hydrogens is 316 g/mol. The van der Waals surface area contributed by atoms with Crippen molar-refractivity contribution in [2.24, 2.45) is 4.99 Å². The fourth-order valence-electron chi connectivity index (χ4n) is 2.26. The largest absolute Gasteiger partial charge is 0.402 e. The summed E-state index contributed by atoms with van der Waals surface area (Å²) in [5.74, 6) is -0.384. The fraction of sp³-hybridized carbons (Fsp3) is 0.0500. The summed E-state index contributed by atoms with van der Waals surface area (Å²) in [6.45, 7) is 1.44. The molecule has 5 nitrogen and oxygen atoms in total. The molecule has 0 radical (unpaired) electrons. The molecule has 3 rings (SSSR count). The number of carbonyl (C=O) groups is 2. The highest BCUT2D eigenvalue weighted by Crippen LogP contribution is 2.18. The zero-order valence-electron chi connectivity index (χ0n) is 13.6. The number of esters is 1. The molecule has 1 amide bonds. The number of aliphatic imine (C=N–C) groups is 1. The number of hydrogen-bond acceptors (Lipinski definition) is 4. The first-order valence-corrected chi connectivity index (χ1v) is 7.74. The van der Waals surface area contributed by atoms with Gasteiger partial charge in [-0.3, -0.25) is 4.79 Å². The molecule has 1 N–H and O–H groups in total. The van der Waals surface area contributed by atoms with Crippen molar-refractivity contribution in [2.45, 2.75) is 6.92 Å². The molecule has 0 saturated heterocycles. The second-order valence-electron chi connectivity index (χ2n) is 5.39. The summed E-state index contributed by atoms with van der Waals surface area (Å²) >= 11 is 0. The van der Waals surface area contributed by atoms with Crippen molar-refractivity contribution in [3.8, 4) is 0 Å². The van der Waals surface area contributed by atoms with Gasteiger partial charge < -0.3 is 10.1 Å². The number of hydrogen-bond donors (Lipinski definition) is 1. The number of nitrogens with one attached hydrogen (secondary N) is 1. The van der Waals surface area contributed by atoms with Gasteiger partial charge in [-0.1, -0.05) is 42.5 Å². The fourth-order valence-corrected chi connectivity index (χ4v) is 2.26. The second-order valence-corrected chi connectivity index (χ2v) is 5.39. The van der Waals surface area contributed by atoms with E-state index in [0.717, 1.165) is 5.56 Å². The first-order valence-electron chi connectivity index (χ1n) is 7.74. The van der Waals surface area contributed by atoms with Crippen LogP contribution in [0.1, 0.15) is 18.1 Å². The Hall–Kier alpha value is -3.47. The van der Waals surface area contributed by atoms with Gasteiger partial charge in [0.05, 0.1) is 0 Å². The van der Waals surface area contributed by atoms with Gasteiger partial charge in [-0.2, -0.15) is 0 Å². The van der Waals surface area contributed by atoms with Crippen LogP contribution in [-0.4, -0.2) is 17.8 Å². The normalized spacial score (nSPS) is 15.3. The van der Waals surface area contributed by atoms with Gasteiger partial charge in [0.2, 0.25) is 11.8 Å². The number of allylic oxidation sites excluding steroid dienone is 2. The molecule has 1 aliphatic rings. The van der Waals surface area contributed by atoms with Crippen LogP contribution in [0.5, 0.6) is 0 Å². The molecule has 5 heteroatoms. The van der Waals surface area contributed by atoms with E-state index in [9.17, 15) is 9.59 Å². The minimum absolute atomic E-state index is 0.146. The van der Waals surface area contributed by atoms with Gasteiger partial charge in [-0.15, -0.1) is 0 Å². The molecule has 0 aliphatic carbocycles. The van der Waals surface area contributed by atoms with Gasteiger partial charge >= 0.3 is 5.97 Å². The number of ether oxygens (including phenoxy) is 1. The maximum Gasteiger partial charge on any atom is 0.363 e. The highest BCUT2D eigenvalue weighted by molar-refractivity contribution is 6.11. The van der Waals surface area contributed by atoms with Crippen molar-refractivity contribution >= 4 is 29.5 Å². The zero-order chi connectivity index (χ0) is 17.6. The number of anilines is 1. The van der Waals surface area contributed by atoms with E-state index in [-0.39, 0.29) is 17.5 Å². The lowest BCUT2D eigenvalue weighted by Crippen LogP contribution is -2.07. The highest BCUT2D eigenvalue weighted by atomic mass is 16.6. The van der Waals surface area contributed by atoms with Crippen LogP contribution in [0.25, 0.3) is 6.08 Å². The van der Waals surface area contributed by atoms with Crippen molar-refractivity contribution in [1.82, 2.24) is 0 Å². The van der Waals surface area contributed by atoms with E-state index >= 15 is 0 Å².